The van der Waals surface area contributed by atoms with Crippen LogP contribution in [0.1, 0.15) is 23.3 Å². The first-order chi connectivity index (χ1) is 8.78. The number of nitrogens with one attached hydrogen (secondary N) is 1. The predicted molar refractivity (Wildman–Crippen MR) is 72.3 cm³/mol. The normalized spacial score (nSPS) is 19.8. The molecule has 18 heavy (non-hydrogen) atoms. The molecule has 2 aliphatic rings. The van der Waals surface area contributed by atoms with Gasteiger partial charge in [0.15, 0.2) is 0 Å². The van der Waals surface area contributed by atoms with Crippen molar-refractivity contribution >= 4 is 11.3 Å². The Hall–Kier alpha value is -1.19. The van der Waals surface area contributed by atoms with E-state index < -0.39 is 0 Å². The van der Waals surface area contributed by atoms with Crippen molar-refractivity contribution in [1.29, 1.82) is 0 Å². The van der Waals surface area contributed by atoms with Crippen molar-refractivity contribution in [1.82, 2.24) is 5.32 Å². The zero-order valence-corrected chi connectivity index (χ0v) is 10.8. The largest absolute Gasteiger partial charge is 0.312 e. The molecule has 1 aromatic carbocycles. The lowest BCUT2D eigenvalue weighted by molar-refractivity contribution is 0.541. The molecule has 2 heterocycles. The molecule has 1 aliphatic carbocycles. The topological polar surface area (TPSA) is 12.0 Å². The minimum absolute atomic E-state index is 0.117. The summed E-state index contributed by atoms with van der Waals surface area (Å²) >= 11 is 1.79. The van der Waals surface area contributed by atoms with E-state index in [4.69, 9.17) is 0 Å². The SMILES string of the molecule is Fc1ccccc1-c1cc2c(s1)C1(CC1)CNC2. The van der Waals surface area contributed by atoms with E-state index in [0.717, 1.165) is 23.5 Å². The predicted octanol–water partition coefficient (Wildman–Crippen LogP) is 3.69. The maximum Gasteiger partial charge on any atom is 0.131 e. The van der Waals surface area contributed by atoms with Crippen molar-refractivity contribution in [2.45, 2.75) is 24.8 Å². The van der Waals surface area contributed by atoms with Crippen molar-refractivity contribution in [3.63, 3.8) is 0 Å². The zero-order chi connectivity index (χ0) is 12.2. The summed E-state index contributed by atoms with van der Waals surface area (Å²) in [5, 5.41) is 3.49. The Morgan fingerprint density at radius 3 is 2.83 bits per heavy atom. The van der Waals surface area contributed by atoms with Crippen LogP contribution in [0.4, 0.5) is 4.39 Å². The third kappa shape index (κ3) is 1.47. The van der Waals surface area contributed by atoms with Crippen LogP contribution >= 0.6 is 11.3 Å². The van der Waals surface area contributed by atoms with Gasteiger partial charge in [-0.2, -0.15) is 0 Å². The molecule has 1 N–H and O–H groups in total. The molecule has 1 nitrogen and oxygen atoms in total. The molecule has 0 saturated heterocycles. The molecule has 0 bridgehead atoms. The summed E-state index contributed by atoms with van der Waals surface area (Å²) in [6.07, 6.45) is 2.56. The number of benzene rings is 1. The number of thiophene rings is 1. The highest BCUT2D eigenvalue weighted by Crippen LogP contribution is 2.54. The first-order valence-corrected chi connectivity index (χ1v) is 7.19. The van der Waals surface area contributed by atoms with E-state index in [0.29, 0.717) is 5.41 Å². The van der Waals surface area contributed by atoms with E-state index in [-0.39, 0.29) is 5.82 Å². The van der Waals surface area contributed by atoms with Crippen LogP contribution < -0.4 is 5.32 Å². The van der Waals surface area contributed by atoms with Crippen LogP contribution in [-0.2, 0) is 12.0 Å². The highest BCUT2D eigenvalue weighted by atomic mass is 32.1. The second-order valence-electron chi connectivity index (χ2n) is 5.33. The van der Waals surface area contributed by atoms with E-state index in [1.54, 1.807) is 23.5 Å². The Kier molecular flexibility index (Phi) is 2.17. The fourth-order valence-corrected chi connectivity index (χ4v) is 4.33. The molecule has 1 aromatic heterocycles. The Bertz CT molecular complexity index is 613. The first-order valence-electron chi connectivity index (χ1n) is 6.37. The van der Waals surface area contributed by atoms with Gasteiger partial charge in [0, 0.05) is 33.8 Å². The lowest BCUT2D eigenvalue weighted by Gasteiger charge is -2.22. The van der Waals surface area contributed by atoms with Gasteiger partial charge >= 0.3 is 0 Å². The van der Waals surface area contributed by atoms with Crippen LogP contribution in [0.3, 0.4) is 0 Å². The molecule has 1 aliphatic heterocycles. The van der Waals surface area contributed by atoms with Crippen molar-refractivity contribution in [2.75, 3.05) is 6.54 Å². The number of hydrogen-bond acceptors (Lipinski definition) is 2. The molecule has 1 spiro atoms. The van der Waals surface area contributed by atoms with E-state index >= 15 is 0 Å². The Labute approximate surface area is 110 Å². The van der Waals surface area contributed by atoms with Crippen molar-refractivity contribution in [3.8, 4) is 10.4 Å². The minimum atomic E-state index is -0.117. The number of halogens is 1. The zero-order valence-electron chi connectivity index (χ0n) is 10.0. The van der Waals surface area contributed by atoms with Gasteiger partial charge in [-0.3, -0.25) is 0 Å². The maximum atomic E-state index is 13.8. The molecule has 3 heteroatoms. The van der Waals surface area contributed by atoms with Crippen LogP contribution in [0.15, 0.2) is 30.3 Å². The van der Waals surface area contributed by atoms with Gasteiger partial charge < -0.3 is 5.32 Å². The van der Waals surface area contributed by atoms with Crippen LogP contribution in [0, 0.1) is 5.82 Å². The molecule has 0 amide bonds. The van der Waals surface area contributed by atoms with Gasteiger partial charge in [-0.1, -0.05) is 18.2 Å². The summed E-state index contributed by atoms with van der Waals surface area (Å²) in [4.78, 5) is 2.58. The smallest absolute Gasteiger partial charge is 0.131 e. The van der Waals surface area contributed by atoms with E-state index in [9.17, 15) is 4.39 Å². The van der Waals surface area contributed by atoms with Crippen molar-refractivity contribution in [2.24, 2.45) is 0 Å². The van der Waals surface area contributed by atoms with Gasteiger partial charge in [0.05, 0.1) is 0 Å². The van der Waals surface area contributed by atoms with Crippen LogP contribution in [0.5, 0.6) is 0 Å². The second-order valence-corrected chi connectivity index (χ2v) is 6.38. The molecule has 0 radical (unpaired) electrons. The lowest BCUT2D eigenvalue weighted by atomic mass is 9.97. The van der Waals surface area contributed by atoms with Gasteiger partial charge in [0.25, 0.3) is 0 Å². The molecule has 4 rings (SSSR count). The summed E-state index contributed by atoms with van der Waals surface area (Å²) in [6, 6.07) is 9.24. The Balaban J connectivity index is 1.85. The highest BCUT2D eigenvalue weighted by molar-refractivity contribution is 7.15. The molecule has 0 unspecified atom stereocenters. The third-order valence-electron chi connectivity index (χ3n) is 4.06. The second kappa shape index (κ2) is 3.65. The van der Waals surface area contributed by atoms with Crippen LogP contribution in [0.2, 0.25) is 0 Å². The van der Waals surface area contributed by atoms with E-state index in [1.807, 2.05) is 12.1 Å². The number of rotatable bonds is 1. The summed E-state index contributed by atoms with van der Waals surface area (Å²) in [5.74, 6) is -0.117. The van der Waals surface area contributed by atoms with Gasteiger partial charge in [-0.05, 0) is 30.5 Å². The average molecular weight is 259 g/mol. The van der Waals surface area contributed by atoms with Gasteiger partial charge in [-0.25, -0.2) is 4.39 Å². The monoisotopic (exact) mass is 259 g/mol. The molecular weight excluding hydrogens is 245 g/mol. The first kappa shape index (κ1) is 10.7. The van der Waals surface area contributed by atoms with Crippen molar-refractivity contribution < 1.29 is 4.39 Å². The molecular formula is C15H14FNS. The maximum absolute atomic E-state index is 13.8. The van der Waals surface area contributed by atoms with Crippen molar-refractivity contribution in [3.05, 3.63) is 46.6 Å². The standard InChI is InChI=1S/C15H14FNS/c16-12-4-2-1-3-11(12)13-7-10-8-17-9-15(5-6-15)14(10)18-13/h1-4,7,17H,5-6,8-9H2. The highest BCUT2D eigenvalue weighted by Gasteiger charge is 2.48. The Morgan fingerprint density at radius 1 is 1.22 bits per heavy atom. The van der Waals surface area contributed by atoms with E-state index in [1.165, 1.54) is 23.3 Å². The van der Waals surface area contributed by atoms with Crippen LogP contribution in [0.25, 0.3) is 10.4 Å². The molecule has 0 atom stereocenters. The molecule has 92 valence electrons. The average Bonchev–Trinajstić information content (AvgIpc) is 3.00. The van der Waals surface area contributed by atoms with Gasteiger partial charge in [-0.15, -0.1) is 11.3 Å². The molecule has 2 aromatic rings. The van der Waals surface area contributed by atoms with Gasteiger partial charge in [0.1, 0.15) is 5.82 Å². The summed E-state index contributed by atoms with van der Waals surface area (Å²) in [5.41, 5.74) is 2.51. The number of fused-ring (bicyclic) bond motifs is 2. The fourth-order valence-electron chi connectivity index (χ4n) is 2.87. The minimum Gasteiger partial charge on any atom is -0.312 e. The van der Waals surface area contributed by atoms with E-state index in [2.05, 4.69) is 11.4 Å². The molecule has 1 fully saturated rings. The fraction of sp³-hybridized carbons (Fsp3) is 0.333. The summed E-state index contributed by atoms with van der Waals surface area (Å²) in [7, 11) is 0. The summed E-state index contributed by atoms with van der Waals surface area (Å²) < 4.78 is 13.8. The molecule has 1 saturated carbocycles. The Morgan fingerprint density at radius 2 is 2.06 bits per heavy atom. The third-order valence-corrected chi connectivity index (χ3v) is 5.52. The van der Waals surface area contributed by atoms with Gasteiger partial charge in [0.2, 0.25) is 0 Å². The number of hydrogen-bond donors (Lipinski definition) is 1. The quantitative estimate of drug-likeness (QED) is 0.823. The lowest BCUT2D eigenvalue weighted by Crippen LogP contribution is -2.31. The van der Waals surface area contributed by atoms with Crippen LogP contribution in [-0.4, -0.2) is 6.54 Å². The summed E-state index contributed by atoms with van der Waals surface area (Å²) in [6.45, 7) is 2.03.